The number of hydrogen-bond acceptors (Lipinski definition) is 10. The van der Waals surface area contributed by atoms with Crippen molar-refractivity contribution >= 4 is 11.9 Å². The van der Waals surface area contributed by atoms with Crippen LogP contribution in [0.1, 0.15) is 71.6 Å². The molecule has 218 valence electrons. The van der Waals surface area contributed by atoms with E-state index in [1.54, 1.807) is 6.92 Å². The Kier molecular flexibility index (Phi) is 18.6. The van der Waals surface area contributed by atoms with Gasteiger partial charge in [0.15, 0.2) is 12.4 Å². The van der Waals surface area contributed by atoms with E-state index in [4.69, 9.17) is 18.9 Å². The van der Waals surface area contributed by atoms with Crippen LogP contribution in [0.3, 0.4) is 0 Å². The number of carbonyl (C=O) groups is 2. The number of rotatable bonds is 19. The SMILES string of the molecule is CC/C=C\C/C=C\C/C=C\CCCCCC(=O)OC(COC(=O)CC)COC1OC(CO)C(O)C(O)C1O. The predicted molar refractivity (Wildman–Crippen MR) is 141 cm³/mol. The number of carbonyl (C=O) groups excluding carboxylic acids is 2. The molecule has 0 aromatic rings. The zero-order valence-electron chi connectivity index (χ0n) is 22.7. The lowest BCUT2D eigenvalue weighted by Crippen LogP contribution is -2.59. The predicted octanol–water partition coefficient (Wildman–Crippen LogP) is 2.48. The molecule has 0 spiro atoms. The largest absolute Gasteiger partial charge is 0.462 e. The van der Waals surface area contributed by atoms with Crippen LogP contribution in [-0.2, 0) is 28.5 Å². The normalized spacial score (nSPS) is 24.8. The maximum absolute atomic E-state index is 12.3. The van der Waals surface area contributed by atoms with Crippen LogP contribution in [0.5, 0.6) is 0 Å². The van der Waals surface area contributed by atoms with Gasteiger partial charge in [-0.15, -0.1) is 0 Å². The Morgan fingerprint density at radius 3 is 2.18 bits per heavy atom. The first-order chi connectivity index (χ1) is 18.3. The van der Waals surface area contributed by atoms with Crippen LogP contribution in [0.2, 0.25) is 0 Å². The molecule has 1 heterocycles. The van der Waals surface area contributed by atoms with Crippen molar-refractivity contribution in [2.75, 3.05) is 19.8 Å². The second-order valence-electron chi connectivity index (χ2n) is 9.07. The van der Waals surface area contributed by atoms with Crippen molar-refractivity contribution in [3.8, 4) is 0 Å². The quantitative estimate of drug-likeness (QED) is 0.109. The lowest BCUT2D eigenvalue weighted by molar-refractivity contribution is -0.305. The lowest BCUT2D eigenvalue weighted by atomic mass is 9.99. The number of esters is 2. The van der Waals surface area contributed by atoms with Gasteiger partial charge in [0.05, 0.1) is 13.2 Å². The molecule has 0 aromatic heterocycles. The summed E-state index contributed by atoms with van der Waals surface area (Å²) in [7, 11) is 0. The van der Waals surface area contributed by atoms with Crippen LogP contribution >= 0.6 is 0 Å². The summed E-state index contributed by atoms with van der Waals surface area (Å²) in [6.45, 7) is 2.61. The average molecular weight is 543 g/mol. The van der Waals surface area contributed by atoms with Crippen LogP contribution in [0, 0.1) is 0 Å². The molecule has 6 unspecified atom stereocenters. The van der Waals surface area contributed by atoms with Crippen molar-refractivity contribution in [1.82, 2.24) is 0 Å². The summed E-state index contributed by atoms with van der Waals surface area (Å²) < 4.78 is 21.2. The van der Waals surface area contributed by atoms with Crippen LogP contribution in [-0.4, -0.2) is 89.0 Å². The van der Waals surface area contributed by atoms with Gasteiger partial charge in [-0.3, -0.25) is 9.59 Å². The van der Waals surface area contributed by atoms with Gasteiger partial charge in [0.1, 0.15) is 31.0 Å². The zero-order chi connectivity index (χ0) is 28.2. The third kappa shape index (κ3) is 14.2. The molecule has 1 saturated heterocycles. The van der Waals surface area contributed by atoms with Crippen LogP contribution in [0.4, 0.5) is 0 Å². The topological polar surface area (TPSA) is 152 Å². The molecule has 6 atom stereocenters. The van der Waals surface area contributed by atoms with E-state index in [0.717, 1.165) is 38.5 Å². The van der Waals surface area contributed by atoms with E-state index in [1.807, 2.05) is 0 Å². The summed E-state index contributed by atoms with van der Waals surface area (Å²) in [6.07, 6.45) is 11.3. The molecule has 1 fully saturated rings. The Bertz CT molecular complexity index is 733. The molecule has 4 N–H and O–H groups in total. The molecule has 1 aliphatic heterocycles. The van der Waals surface area contributed by atoms with Crippen molar-refractivity contribution < 1.29 is 49.0 Å². The van der Waals surface area contributed by atoms with Crippen molar-refractivity contribution in [2.45, 2.75) is 108 Å². The molecule has 0 radical (unpaired) electrons. The maximum Gasteiger partial charge on any atom is 0.306 e. The van der Waals surface area contributed by atoms with Gasteiger partial charge in [-0.1, -0.05) is 56.7 Å². The van der Waals surface area contributed by atoms with E-state index < -0.39 is 55.4 Å². The second kappa shape index (κ2) is 20.8. The molecule has 1 rings (SSSR count). The smallest absolute Gasteiger partial charge is 0.306 e. The van der Waals surface area contributed by atoms with Crippen LogP contribution < -0.4 is 0 Å². The summed E-state index contributed by atoms with van der Waals surface area (Å²) in [5.41, 5.74) is 0. The van der Waals surface area contributed by atoms with Crippen LogP contribution in [0.15, 0.2) is 36.5 Å². The summed E-state index contributed by atoms with van der Waals surface area (Å²) >= 11 is 0. The summed E-state index contributed by atoms with van der Waals surface area (Å²) in [4.78, 5) is 23.9. The standard InChI is InChI=1S/C28H46O10/c1-3-5-6-7-8-9-10-11-12-13-14-15-16-17-24(31)37-21(19-35-23(30)4-2)20-36-28-27(34)26(33)25(32)22(18-29)38-28/h5-6,8-9,11-12,21-22,25-29,32-34H,3-4,7,10,13-20H2,1-2H3/b6-5-,9-8-,12-11-. The van der Waals surface area contributed by atoms with E-state index in [2.05, 4.69) is 43.4 Å². The van der Waals surface area contributed by atoms with Crippen molar-refractivity contribution in [3.63, 3.8) is 0 Å². The van der Waals surface area contributed by atoms with Crippen molar-refractivity contribution in [1.29, 1.82) is 0 Å². The van der Waals surface area contributed by atoms with Gasteiger partial charge < -0.3 is 39.4 Å². The number of ether oxygens (including phenoxy) is 4. The summed E-state index contributed by atoms with van der Waals surface area (Å²) in [6, 6.07) is 0. The number of unbranched alkanes of at least 4 members (excludes halogenated alkanes) is 3. The van der Waals surface area contributed by atoms with Crippen molar-refractivity contribution in [3.05, 3.63) is 36.5 Å². The third-order valence-corrected chi connectivity index (χ3v) is 5.84. The molecule has 10 nitrogen and oxygen atoms in total. The first kappa shape index (κ1) is 33.9. The minimum Gasteiger partial charge on any atom is -0.462 e. The first-order valence-corrected chi connectivity index (χ1v) is 13.6. The zero-order valence-corrected chi connectivity index (χ0v) is 22.7. The highest BCUT2D eigenvalue weighted by atomic mass is 16.7. The Balaban J connectivity index is 2.39. The van der Waals surface area contributed by atoms with Crippen LogP contribution in [0.25, 0.3) is 0 Å². The van der Waals surface area contributed by atoms with E-state index in [9.17, 15) is 30.0 Å². The average Bonchev–Trinajstić information content (AvgIpc) is 2.92. The Labute approximate surface area is 225 Å². The molecule has 0 saturated carbocycles. The van der Waals surface area contributed by atoms with E-state index >= 15 is 0 Å². The van der Waals surface area contributed by atoms with Gasteiger partial charge in [0.25, 0.3) is 0 Å². The van der Waals surface area contributed by atoms with Gasteiger partial charge in [-0.25, -0.2) is 0 Å². The van der Waals surface area contributed by atoms with Gasteiger partial charge in [-0.05, 0) is 38.5 Å². The minimum atomic E-state index is -1.59. The fourth-order valence-electron chi connectivity index (χ4n) is 3.59. The monoisotopic (exact) mass is 542 g/mol. The van der Waals surface area contributed by atoms with Crippen molar-refractivity contribution in [2.24, 2.45) is 0 Å². The Hall–Kier alpha value is -2.08. The molecule has 38 heavy (non-hydrogen) atoms. The fourth-order valence-corrected chi connectivity index (χ4v) is 3.59. The molecule has 0 aromatic carbocycles. The third-order valence-electron chi connectivity index (χ3n) is 5.84. The van der Waals surface area contributed by atoms with Gasteiger partial charge in [0.2, 0.25) is 0 Å². The Morgan fingerprint density at radius 1 is 0.842 bits per heavy atom. The molecule has 10 heteroatoms. The number of hydrogen-bond donors (Lipinski definition) is 4. The van der Waals surface area contributed by atoms with Gasteiger partial charge >= 0.3 is 11.9 Å². The summed E-state index contributed by atoms with van der Waals surface area (Å²) in [5, 5.41) is 39.2. The van der Waals surface area contributed by atoms with E-state index in [-0.39, 0.29) is 26.1 Å². The lowest BCUT2D eigenvalue weighted by Gasteiger charge is -2.39. The first-order valence-electron chi connectivity index (χ1n) is 13.6. The molecule has 0 amide bonds. The fraction of sp³-hybridized carbons (Fsp3) is 0.714. The van der Waals surface area contributed by atoms with E-state index in [0.29, 0.717) is 6.42 Å². The molecular weight excluding hydrogens is 496 g/mol. The minimum absolute atomic E-state index is 0.148. The number of allylic oxidation sites excluding steroid dienone is 6. The molecule has 0 aliphatic carbocycles. The van der Waals surface area contributed by atoms with Gasteiger partial charge in [-0.2, -0.15) is 0 Å². The number of aliphatic hydroxyl groups is 4. The highest BCUT2D eigenvalue weighted by Gasteiger charge is 2.44. The van der Waals surface area contributed by atoms with Gasteiger partial charge in [0, 0.05) is 12.8 Å². The second-order valence-corrected chi connectivity index (χ2v) is 9.07. The van der Waals surface area contributed by atoms with E-state index in [1.165, 1.54) is 0 Å². The summed E-state index contributed by atoms with van der Waals surface area (Å²) in [5.74, 6) is -0.950. The molecule has 1 aliphatic rings. The number of aliphatic hydroxyl groups excluding tert-OH is 4. The highest BCUT2D eigenvalue weighted by molar-refractivity contribution is 5.70. The maximum atomic E-state index is 12.3. The highest BCUT2D eigenvalue weighted by Crippen LogP contribution is 2.22. The molecular formula is C28H46O10. The molecule has 0 bridgehead atoms. The Morgan fingerprint density at radius 2 is 1.53 bits per heavy atom.